The lowest BCUT2D eigenvalue weighted by molar-refractivity contribution is 0.170. The molecule has 1 aromatic carbocycles. The summed E-state index contributed by atoms with van der Waals surface area (Å²) < 4.78 is 38.2. The van der Waals surface area contributed by atoms with Crippen molar-refractivity contribution in [2.24, 2.45) is 0 Å². The van der Waals surface area contributed by atoms with E-state index in [-0.39, 0.29) is 6.54 Å². The number of benzene rings is 1. The number of ether oxygens (including phenoxy) is 2. The zero-order valence-corrected chi connectivity index (χ0v) is 9.79. The summed E-state index contributed by atoms with van der Waals surface area (Å²) in [4.78, 5) is 1.66. The molecule has 4 nitrogen and oxygen atoms in total. The van der Waals surface area contributed by atoms with E-state index >= 15 is 0 Å². The Hall–Kier alpha value is -1.56. The number of hydrogen-bond acceptors (Lipinski definition) is 4. The van der Waals surface area contributed by atoms with Crippen LogP contribution in [0.5, 0.6) is 11.5 Å². The number of anilines is 1. The average molecular weight is 256 g/mol. The van der Waals surface area contributed by atoms with Crippen molar-refractivity contribution in [2.45, 2.75) is 6.30 Å². The Morgan fingerprint density at radius 3 is 2.94 bits per heavy atom. The standard InChI is InChI=1S/C12H14F2N2O2/c13-8-1-2-9-12(18-6-5-17-9)11(8)16-4-3-15-10(14)7-16/h1-2,10,15H,3-7H2. The van der Waals surface area contributed by atoms with Crippen molar-refractivity contribution in [1.29, 1.82) is 0 Å². The number of nitrogens with zero attached hydrogens (tertiary/aromatic N) is 1. The molecule has 98 valence electrons. The van der Waals surface area contributed by atoms with Crippen LogP contribution in [-0.2, 0) is 0 Å². The lowest BCUT2D eigenvalue weighted by Crippen LogP contribution is -2.49. The van der Waals surface area contributed by atoms with Crippen LogP contribution in [0.1, 0.15) is 0 Å². The topological polar surface area (TPSA) is 33.7 Å². The van der Waals surface area contributed by atoms with Crippen LogP contribution in [0.3, 0.4) is 0 Å². The Balaban J connectivity index is 1.99. The van der Waals surface area contributed by atoms with Crippen molar-refractivity contribution < 1.29 is 18.3 Å². The molecular weight excluding hydrogens is 242 g/mol. The quantitative estimate of drug-likeness (QED) is 0.768. The number of rotatable bonds is 1. The maximum absolute atomic E-state index is 14.0. The second kappa shape index (κ2) is 4.61. The fraction of sp³-hybridized carbons (Fsp3) is 0.500. The zero-order valence-electron chi connectivity index (χ0n) is 9.79. The van der Waals surface area contributed by atoms with E-state index in [2.05, 4.69) is 5.32 Å². The monoisotopic (exact) mass is 256 g/mol. The van der Waals surface area contributed by atoms with Gasteiger partial charge in [0, 0.05) is 13.1 Å². The minimum absolute atomic E-state index is 0.108. The first kappa shape index (κ1) is 11.5. The molecule has 0 radical (unpaired) electrons. The number of hydrogen-bond donors (Lipinski definition) is 1. The Labute approximate surface area is 103 Å². The van der Waals surface area contributed by atoms with Crippen molar-refractivity contribution in [3.8, 4) is 11.5 Å². The molecule has 0 aromatic heterocycles. The van der Waals surface area contributed by atoms with Gasteiger partial charge in [-0.05, 0) is 12.1 Å². The molecule has 2 heterocycles. The average Bonchev–Trinajstić information content (AvgIpc) is 2.38. The Kier molecular flexibility index (Phi) is 2.95. The highest BCUT2D eigenvalue weighted by Gasteiger charge is 2.27. The molecule has 0 bridgehead atoms. The molecule has 0 saturated carbocycles. The minimum Gasteiger partial charge on any atom is -0.486 e. The predicted molar refractivity (Wildman–Crippen MR) is 62.5 cm³/mol. The lowest BCUT2D eigenvalue weighted by atomic mass is 10.2. The maximum atomic E-state index is 14.0. The van der Waals surface area contributed by atoms with E-state index < -0.39 is 12.1 Å². The number of fused-ring (bicyclic) bond motifs is 1. The van der Waals surface area contributed by atoms with Crippen molar-refractivity contribution in [3.63, 3.8) is 0 Å². The molecule has 3 rings (SSSR count). The molecule has 1 saturated heterocycles. The van der Waals surface area contributed by atoms with Gasteiger partial charge in [-0.3, -0.25) is 5.32 Å². The van der Waals surface area contributed by atoms with Crippen LogP contribution in [0.25, 0.3) is 0 Å². The molecule has 2 aliphatic heterocycles. The first-order chi connectivity index (χ1) is 8.75. The summed E-state index contributed by atoms with van der Waals surface area (Å²) >= 11 is 0. The molecule has 2 aliphatic rings. The summed E-state index contributed by atoms with van der Waals surface area (Å²) in [5.74, 6) is 0.496. The molecule has 1 unspecified atom stereocenters. The van der Waals surface area contributed by atoms with Crippen LogP contribution < -0.4 is 19.7 Å². The fourth-order valence-electron chi connectivity index (χ4n) is 2.28. The lowest BCUT2D eigenvalue weighted by Gasteiger charge is -2.34. The van der Waals surface area contributed by atoms with Crippen LogP contribution in [0, 0.1) is 5.82 Å². The molecule has 1 fully saturated rings. The van der Waals surface area contributed by atoms with Crippen LogP contribution >= 0.6 is 0 Å². The summed E-state index contributed by atoms with van der Waals surface area (Å²) in [7, 11) is 0. The van der Waals surface area contributed by atoms with Gasteiger partial charge in [-0.15, -0.1) is 0 Å². The van der Waals surface area contributed by atoms with Gasteiger partial charge in [-0.2, -0.15) is 0 Å². The zero-order chi connectivity index (χ0) is 12.5. The summed E-state index contributed by atoms with van der Waals surface area (Å²) in [6.07, 6.45) is -1.15. The van der Waals surface area contributed by atoms with E-state index in [0.29, 0.717) is 43.5 Å². The van der Waals surface area contributed by atoms with Gasteiger partial charge >= 0.3 is 0 Å². The number of halogens is 2. The summed E-state index contributed by atoms with van der Waals surface area (Å²) in [5, 5.41) is 2.68. The summed E-state index contributed by atoms with van der Waals surface area (Å²) in [6, 6.07) is 2.88. The van der Waals surface area contributed by atoms with Crippen LogP contribution in [0.15, 0.2) is 12.1 Å². The Morgan fingerprint density at radius 1 is 1.28 bits per heavy atom. The SMILES string of the molecule is Fc1ccc2c(c1N1CCNC(F)C1)OCCO2. The number of alkyl halides is 1. The molecule has 6 heteroatoms. The molecule has 0 spiro atoms. The van der Waals surface area contributed by atoms with E-state index in [1.54, 1.807) is 11.0 Å². The number of nitrogens with one attached hydrogen (secondary N) is 1. The van der Waals surface area contributed by atoms with E-state index in [1.165, 1.54) is 6.07 Å². The summed E-state index contributed by atoms with van der Waals surface area (Å²) in [6.45, 7) is 1.96. The van der Waals surface area contributed by atoms with Gasteiger partial charge in [0.2, 0.25) is 0 Å². The first-order valence-corrected chi connectivity index (χ1v) is 5.96. The molecule has 1 atom stereocenters. The molecule has 18 heavy (non-hydrogen) atoms. The first-order valence-electron chi connectivity index (χ1n) is 5.96. The van der Waals surface area contributed by atoms with Gasteiger partial charge in [-0.25, -0.2) is 8.78 Å². The van der Waals surface area contributed by atoms with Crippen molar-refractivity contribution in [2.75, 3.05) is 37.7 Å². The van der Waals surface area contributed by atoms with Crippen molar-refractivity contribution in [1.82, 2.24) is 5.32 Å². The van der Waals surface area contributed by atoms with E-state index in [1.807, 2.05) is 0 Å². The maximum Gasteiger partial charge on any atom is 0.187 e. The molecule has 0 amide bonds. The largest absolute Gasteiger partial charge is 0.486 e. The third-order valence-corrected chi connectivity index (χ3v) is 3.08. The third kappa shape index (κ3) is 1.96. The van der Waals surface area contributed by atoms with Gasteiger partial charge in [0.15, 0.2) is 23.6 Å². The van der Waals surface area contributed by atoms with E-state index in [0.717, 1.165) is 0 Å². The number of piperazine rings is 1. The molecular formula is C12H14F2N2O2. The van der Waals surface area contributed by atoms with Gasteiger partial charge in [0.1, 0.15) is 18.9 Å². The Morgan fingerprint density at radius 2 is 2.11 bits per heavy atom. The smallest absolute Gasteiger partial charge is 0.187 e. The van der Waals surface area contributed by atoms with Gasteiger partial charge in [-0.1, -0.05) is 0 Å². The van der Waals surface area contributed by atoms with Gasteiger partial charge < -0.3 is 14.4 Å². The van der Waals surface area contributed by atoms with Gasteiger partial charge in [0.05, 0.1) is 6.54 Å². The molecule has 1 N–H and O–H groups in total. The van der Waals surface area contributed by atoms with E-state index in [9.17, 15) is 8.78 Å². The third-order valence-electron chi connectivity index (χ3n) is 3.08. The predicted octanol–water partition coefficient (Wildman–Crippen LogP) is 1.30. The second-order valence-electron chi connectivity index (χ2n) is 4.29. The van der Waals surface area contributed by atoms with Crippen LogP contribution in [-0.4, -0.2) is 39.1 Å². The highest BCUT2D eigenvalue weighted by atomic mass is 19.1. The highest BCUT2D eigenvalue weighted by molar-refractivity contribution is 5.66. The summed E-state index contributed by atoms with van der Waals surface area (Å²) in [5.41, 5.74) is 0.302. The van der Waals surface area contributed by atoms with Crippen molar-refractivity contribution in [3.05, 3.63) is 17.9 Å². The Bertz CT molecular complexity index is 456. The molecule has 0 aliphatic carbocycles. The molecule has 1 aromatic rings. The highest BCUT2D eigenvalue weighted by Crippen LogP contribution is 2.41. The van der Waals surface area contributed by atoms with Crippen molar-refractivity contribution >= 4 is 5.69 Å². The fourth-order valence-corrected chi connectivity index (χ4v) is 2.28. The minimum atomic E-state index is -1.15. The van der Waals surface area contributed by atoms with Crippen LogP contribution in [0.2, 0.25) is 0 Å². The van der Waals surface area contributed by atoms with E-state index in [4.69, 9.17) is 9.47 Å². The van der Waals surface area contributed by atoms with Gasteiger partial charge in [0.25, 0.3) is 0 Å². The van der Waals surface area contributed by atoms with Crippen LogP contribution in [0.4, 0.5) is 14.5 Å². The normalized spacial score (nSPS) is 23.0. The second-order valence-corrected chi connectivity index (χ2v) is 4.29.